The maximum atomic E-state index is 12.7. The number of piperidine rings is 1. The number of rotatable bonds is 6. The van der Waals surface area contributed by atoms with Crippen LogP contribution in [0.25, 0.3) is 16.3 Å². The number of fused-ring (bicyclic) bond motifs is 1. The third kappa shape index (κ3) is 4.92. The summed E-state index contributed by atoms with van der Waals surface area (Å²) in [6, 6.07) is 12.4. The van der Waals surface area contributed by atoms with Crippen molar-refractivity contribution in [2.45, 2.75) is 32.6 Å². The van der Waals surface area contributed by atoms with Gasteiger partial charge in [0.15, 0.2) is 0 Å². The Labute approximate surface area is 188 Å². The molecule has 0 amide bonds. The van der Waals surface area contributed by atoms with Gasteiger partial charge >= 0.3 is 0 Å². The van der Waals surface area contributed by atoms with Crippen LogP contribution in [-0.2, 0) is 0 Å². The van der Waals surface area contributed by atoms with Gasteiger partial charge in [-0.1, -0.05) is 23.8 Å². The first-order valence-corrected chi connectivity index (χ1v) is 11.2. The van der Waals surface area contributed by atoms with E-state index in [1.165, 1.54) is 24.0 Å². The minimum atomic E-state index is -0.156. The van der Waals surface area contributed by atoms with Crippen LogP contribution in [0.15, 0.2) is 65.2 Å². The van der Waals surface area contributed by atoms with Crippen LogP contribution in [-0.4, -0.2) is 30.1 Å². The molecule has 0 atom stereocenters. The second kappa shape index (κ2) is 9.83. The van der Waals surface area contributed by atoms with Gasteiger partial charge in [0.1, 0.15) is 5.82 Å². The molecule has 0 bridgehead atoms. The van der Waals surface area contributed by atoms with Crippen LogP contribution in [0.5, 0.6) is 0 Å². The molecule has 0 unspecified atom stereocenters. The normalized spacial score (nSPS) is 14.9. The maximum absolute atomic E-state index is 12.7. The zero-order chi connectivity index (χ0) is 22.5. The Morgan fingerprint density at radius 2 is 1.88 bits per heavy atom. The molecular formula is C26H31N5O. The highest BCUT2D eigenvalue weighted by Crippen LogP contribution is 2.29. The quantitative estimate of drug-likeness (QED) is 0.429. The third-order valence-electron chi connectivity index (χ3n) is 5.78. The molecule has 6 heteroatoms. The largest absolute Gasteiger partial charge is 0.393 e. The Hall–Kier alpha value is -3.38. The first-order valence-electron chi connectivity index (χ1n) is 11.2. The van der Waals surface area contributed by atoms with Crippen molar-refractivity contribution in [3.8, 4) is 0 Å². The summed E-state index contributed by atoms with van der Waals surface area (Å²) in [5, 5.41) is 11.3. The number of pyridine rings is 2. The van der Waals surface area contributed by atoms with E-state index in [4.69, 9.17) is 4.98 Å². The molecule has 4 rings (SSSR count). The lowest BCUT2D eigenvalue weighted by atomic mass is 9.90. The molecule has 3 heterocycles. The first kappa shape index (κ1) is 21.8. The highest BCUT2D eigenvalue weighted by Gasteiger charge is 2.16. The van der Waals surface area contributed by atoms with E-state index in [9.17, 15) is 4.79 Å². The lowest BCUT2D eigenvalue weighted by molar-refractivity contribution is 0.460. The number of anilines is 2. The number of H-pyrrole nitrogens is 1. The van der Waals surface area contributed by atoms with Crippen molar-refractivity contribution >= 4 is 27.9 Å². The molecule has 166 valence electrons. The molecule has 0 aliphatic carbocycles. The van der Waals surface area contributed by atoms with Gasteiger partial charge in [-0.25, -0.2) is 4.98 Å². The van der Waals surface area contributed by atoms with E-state index in [1.807, 2.05) is 25.4 Å². The van der Waals surface area contributed by atoms with Gasteiger partial charge in [0.05, 0.1) is 11.1 Å². The van der Waals surface area contributed by atoms with Crippen LogP contribution in [0, 0.1) is 0 Å². The van der Waals surface area contributed by atoms with Gasteiger partial charge in [0.2, 0.25) is 0 Å². The minimum absolute atomic E-state index is 0.156. The molecule has 1 aromatic carbocycles. The van der Waals surface area contributed by atoms with Gasteiger partial charge in [-0.05, 0) is 80.9 Å². The number of hydrogen-bond donors (Lipinski definition) is 4. The summed E-state index contributed by atoms with van der Waals surface area (Å²) >= 11 is 0. The Morgan fingerprint density at radius 3 is 2.56 bits per heavy atom. The summed E-state index contributed by atoms with van der Waals surface area (Å²) in [6.45, 7) is 6.26. The van der Waals surface area contributed by atoms with Gasteiger partial charge in [0.25, 0.3) is 5.56 Å². The predicted octanol–water partition coefficient (Wildman–Crippen LogP) is 4.66. The van der Waals surface area contributed by atoms with Gasteiger partial charge in [-0.2, -0.15) is 0 Å². The summed E-state index contributed by atoms with van der Waals surface area (Å²) in [4.78, 5) is 20.3. The zero-order valence-electron chi connectivity index (χ0n) is 19.0. The van der Waals surface area contributed by atoms with Crippen LogP contribution < -0.4 is 21.5 Å². The molecule has 1 saturated heterocycles. The third-order valence-corrected chi connectivity index (χ3v) is 5.78. The van der Waals surface area contributed by atoms with Crippen molar-refractivity contribution in [2.24, 2.45) is 0 Å². The molecule has 3 aromatic rings. The highest BCUT2D eigenvalue weighted by molar-refractivity contribution is 5.95. The smallest absolute Gasteiger partial charge is 0.259 e. The van der Waals surface area contributed by atoms with Crippen LogP contribution in [0.4, 0.5) is 11.5 Å². The van der Waals surface area contributed by atoms with E-state index < -0.39 is 0 Å². The summed E-state index contributed by atoms with van der Waals surface area (Å²) in [5.41, 5.74) is 5.05. The van der Waals surface area contributed by atoms with Crippen molar-refractivity contribution in [3.63, 3.8) is 0 Å². The standard InChI is InChI=1S/C26H31N5O/c1-17(2)14-21(16-27-3)23-15-20-10-13-29-26(32)24(20)25(31-23)30-22-6-4-18(5-7-22)19-8-11-28-12-9-19/h4-7,10,13-16,19,27-28H,8-9,11-12H2,1-3H3,(H,29,32)(H,30,31)/b21-16+. The van der Waals surface area contributed by atoms with Crippen molar-refractivity contribution in [3.05, 3.63) is 82.1 Å². The molecule has 2 aromatic heterocycles. The first-order chi connectivity index (χ1) is 15.5. The molecule has 1 fully saturated rings. The van der Waals surface area contributed by atoms with Crippen molar-refractivity contribution in [1.82, 2.24) is 20.6 Å². The Morgan fingerprint density at radius 1 is 1.12 bits per heavy atom. The summed E-state index contributed by atoms with van der Waals surface area (Å²) < 4.78 is 0. The number of allylic oxidation sites excluding steroid dienone is 3. The zero-order valence-corrected chi connectivity index (χ0v) is 19.0. The van der Waals surface area contributed by atoms with Gasteiger partial charge < -0.3 is 20.9 Å². The second-order valence-electron chi connectivity index (χ2n) is 8.51. The highest BCUT2D eigenvalue weighted by atomic mass is 16.1. The van der Waals surface area contributed by atoms with E-state index in [-0.39, 0.29) is 5.56 Å². The average molecular weight is 430 g/mol. The van der Waals surface area contributed by atoms with E-state index in [0.717, 1.165) is 35.4 Å². The molecule has 6 nitrogen and oxygen atoms in total. The number of nitrogens with zero attached hydrogens (tertiary/aromatic N) is 1. The van der Waals surface area contributed by atoms with Gasteiger partial charge in [-0.15, -0.1) is 0 Å². The van der Waals surface area contributed by atoms with Crippen molar-refractivity contribution in [1.29, 1.82) is 0 Å². The van der Waals surface area contributed by atoms with Crippen LogP contribution in [0.2, 0.25) is 0 Å². The fourth-order valence-corrected chi connectivity index (χ4v) is 4.24. The van der Waals surface area contributed by atoms with E-state index in [0.29, 0.717) is 17.1 Å². The number of aromatic nitrogens is 2. The molecule has 1 aliphatic heterocycles. The predicted molar refractivity (Wildman–Crippen MR) is 133 cm³/mol. The topological polar surface area (TPSA) is 81.8 Å². The minimum Gasteiger partial charge on any atom is -0.393 e. The number of hydrogen-bond acceptors (Lipinski definition) is 5. The van der Waals surface area contributed by atoms with Crippen LogP contribution in [0.1, 0.15) is 43.9 Å². The lowest BCUT2D eigenvalue weighted by Crippen LogP contribution is -2.26. The molecule has 32 heavy (non-hydrogen) atoms. The summed E-state index contributed by atoms with van der Waals surface area (Å²) in [7, 11) is 1.87. The van der Waals surface area contributed by atoms with Gasteiger partial charge in [-0.3, -0.25) is 4.79 Å². The molecular weight excluding hydrogens is 398 g/mol. The summed E-state index contributed by atoms with van der Waals surface area (Å²) in [5.74, 6) is 1.16. The van der Waals surface area contributed by atoms with E-state index in [2.05, 4.69) is 65.1 Å². The monoisotopic (exact) mass is 429 g/mol. The lowest BCUT2D eigenvalue weighted by Gasteiger charge is -2.23. The van der Waals surface area contributed by atoms with E-state index >= 15 is 0 Å². The molecule has 0 saturated carbocycles. The molecule has 0 radical (unpaired) electrons. The Bertz CT molecular complexity index is 1200. The molecule has 0 spiro atoms. The molecule has 1 aliphatic rings. The maximum Gasteiger partial charge on any atom is 0.259 e. The fourth-order valence-electron chi connectivity index (χ4n) is 4.24. The molecule has 4 N–H and O–H groups in total. The summed E-state index contributed by atoms with van der Waals surface area (Å²) in [6.07, 6.45) is 8.01. The van der Waals surface area contributed by atoms with Crippen molar-refractivity contribution in [2.75, 3.05) is 25.5 Å². The fraction of sp³-hybridized carbons (Fsp3) is 0.308. The second-order valence-corrected chi connectivity index (χ2v) is 8.51. The van der Waals surface area contributed by atoms with Crippen LogP contribution in [0.3, 0.4) is 0 Å². The number of benzene rings is 1. The number of aromatic amines is 1. The van der Waals surface area contributed by atoms with E-state index in [1.54, 1.807) is 6.20 Å². The van der Waals surface area contributed by atoms with Crippen molar-refractivity contribution < 1.29 is 0 Å². The van der Waals surface area contributed by atoms with Crippen LogP contribution >= 0.6 is 0 Å². The Balaban J connectivity index is 1.73. The Kier molecular flexibility index (Phi) is 6.71. The SMILES string of the molecule is CN/C=C(\C=C(C)C)c1cc2cc[nH]c(=O)c2c(Nc2ccc(C3CCNCC3)cc2)n1. The average Bonchev–Trinajstić information content (AvgIpc) is 2.79. The number of nitrogens with one attached hydrogen (secondary N) is 4. The van der Waals surface area contributed by atoms with Gasteiger partial charge in [0, 0.05) is 30.7 Å².